The molecule has 0 unspecified atom stereocenters. The molecule has 2 aromatic carbocycles. The first kappa shape index (κ1) is 13.5. The molecule has 1 aliphatic heterocycles. The lowest BCUT2D eigenvalue weighted by molar-refractivity contribution is 0.0993. The first-order valence-corrected chi connectivity index (χ1v) is 7.62. The van der Waals surface area contributed by atoms with Crippen LogP contribution >= 0.6 is 15.9 Å². The molecule has 0 aliphatic carbocycles. The maximum absolute atomic E-state index is 12.4. The molecule has 0 saturated heterocycles. The van der Waals surface area contributed by atoms with Gasteiger partial charge in [0.15, 0.2) is 5.78 Å². The van der Waals surface area contributed by atoms with Gasteiger partial charge in [-0.15, -0.1) is 0 Å². The van der Waals surface area contributed by atoms with Crippen LogP contribution < -0.4 is 5.32 Å². The predicted octanol–water partition coefficient (Wildman–Crippen LogP) is 3.52. The molecule has 0 fully saturated rings. The lowest BCUT2D eigenvalue weighted by atomic mass is 9.95. The quantitative estimate of drug-likeness (QED) is 0.873. The Labute approximate surface area is 127 Å². The van der Waals surface area contributed by atoms with E-state index in [2.05, 4.69) is 27.3 Å². The summed E-state index contributed by atoms with van der Waals surface area (Å²) in [7, 11) is 0. The van der Waals surface area contributed by atoms with Gasteiger partial charge in [0.05, 0.1) is 0 Å². The van der Waals surface area contributed by atoms with E-state index in [1.54, 1.807) is 0 Å². The number of hydrogen-bond donors (Lipinski definition) is 1. The van der Waals surface area contributed by atoms with Crippen LogP contribution in [0.25, 0.3) is 0 Å². The zero-order valence-corrected chi connectivity index (χ0v) is 12.7. The molecular weight excluding hydrogens is 314 g/mol. The van der Waals surface area contributed by atoms with E-state index in [0.29, 0.717) is 6.42 Å². The standard InChI is InChI=1S/C17H16BrNO/c18-16-5-1-12(2-6-16)9-17(20)14-4-3-13-7-8-19-11-15(13)10-14/h1-6,10,19H,7-9,11H2. The highest BCUT2D eigenvalue weighted by Crippen LogP contribution is 2.18. The van der Waals surface area contributed by atoms with Crippen LogP contribution in [0, 0.1) is 0 Å². The Bertz CT molecular complexity index is 634. The number of fused-ring (bicyclic) bond motifs is 1. The minimum Gasteiger partial charge on any atom is -0.312 e. The van der Waals surface area contributed by atoms with Crippen LogP contribution in [-0.2, 0) is 19.4 Å². The normalized spacial score (nSPS) is 13.8. The number of Topliss-reactive ketones (excluding diaryl/α,β-unsaturated/α-hetero) is 1. The zero-order chi connectivity index (χ0) is 13.9. The number of rotatable bonds is 3. The van der Waals surface area contributed by atoms with Crippen LogP contribution in [-0.4, -0.2) is 12.3 Å². The Morgan fingerprint density at radius 3 is 2.70 bits per heavy atom. The summed E-state index contributed by atoms with van der Waals surface area (Å²) in [5.41, 5.74) is 4.49. The third-order valence-electron chi connectivity index (χ3n) is 3.69. The number of hydrogen-bond acceptors (Lipinski definition) is 2. The highest BCUT2D eigenvalue weighted by molar-refractivity contribution is 9.10. The maximum Gasteiger partial charge on any atom is 0.167 e. The van der Waals surface area contributed by atoms with Gasteiger partial charge in [0.25, 0.3) is 0 Å². The zero-order valence-electron chi connectivity index (χ0n) is 11.2. The molecule has 1 aliphatic rings. The SMILES string of the molecule is O=C(Cc1ccc(Br)cc1)c1ccc2c(c1)CNCC2. The Morgan fingerprint density at radius 2 is 1.90 bits per heavy atom. The molecule has 1 heterocycles. The van der Waals surface area contributed by atoms with Gasteiger partial charge in [0.1, 0.15) is 0 Å². The monoisotopic (exact) mass is 329 g/mol. The summed E-state index contributed by atoms with van der Waals surface area (Å²) in [5, 5.41) is 3.35. The molecule has 20 heavy (non-hydrogen) atoms. The smallest absolute Gasteiger partial charge is 0.167 e. The fourth-order valence-corrected chi connectivity index (χ4v) is 2.81. The molecule has 2 aromatic rings. The first-order chi connectivity index (χ1) is 9.72. The van der Waals surface area contributed by atoms with Crippen molar-refractivity contribution < 1.29 is 4.79 Å². The van der Waals surface area contributed by atoms with E-state index < -0.39 is 0 Å². The highest BCUT2D eigenvalue weighted by atomic mass is 79.9. The van der Waals surface area contributed by atoms with E-state index in [9.17, 15) is 4.79 Å². The van der Waals surface area contributed by atoms with Gasteiger partial charge >= 0.3 is 0 Å². The molecule has 0 spiro atoms. The van der Waals surface area contributed by atoms with Gasteiger partial charge in [-0.3, -0.25) is 4.79 Å². The lowest BCUT2D eigenvalue weighted by Crippen LogP contribution is -2.23. The summed E-state index contributed by atoms with van der Waals surface area (Å²) >= 11 is 3.41. The summed E-state index contributed by atoms with van der Waals surface area (Å²) in [6, 6.07) is 14.0. The Hall–Kier alpha value is -1.45. The molecule has 0 saturated carbocycles. The molecule has 3 heteroatoms. The van der Waals surface area contributed by atoms with Gasteiger partial charge < -0.3 is 5.32 Å². The second kappa shape index (κ2) is 5.90. The number of halogens is 1. The van der Waals surface area contributed by atoms with E-state index in [1.165, 1.54) is 11.1 Å². The Kier molecular flexibility index (Phi) is 3.99. The van der Waals surface area contributed by atoms with Crippen LogP contribution in [0.4, 0.5) is 0 Å². The second-order valence-corrected chi connectivity index (χ2v) is 6.05. The average Bonchev–Trinajstić information content (AvgIpc) is 2.49. The highest BCUT2D eigenvalue weighted by Gasteiger charge is 2.12. The van der Waals surface area contributed by atoms with E-state index >= 15 is 0 Å². The Morgan fingerprint density at radius 1 is 1.10 bits per heavy atom. The van der Waals surface area contributed by atoms with Crippen molar-refractivity contribution in [3.05, 3.63) is 69.2 Å². The lowest BCUT2D eigenvalue weighted by Gasteiger charge is -2.17. The largest absolute Gasteiger partial charge is 0.312 e. The third kappa shape index (κ3) is 3.00. The summed E-state index contributed by atoms with van der Waals surface area (Å²) in [5.74, 6) is 0.181. The van der Waals surface area contributed by atoms with Crippen molar-refractivity contribution in [1.82, 2.24) is 5.32 Å². The molecule has 1 N–H and O–H groups in total. The molecule has 3 rings (SSSR count). The summed E-state index contributed by atoms with van der Waals surface area (Å²) in [6.45, 7) is 1.90. The fraction of sp³-hybridized carbons (Fsp3) is 0.235. The summed E-state index contributed by atoms with van der Waals surface area (Å²) in [6.07, 6.45) is 1.51. The number of nitrogens with one attached hydrogen (secondary N) is 1. The van der Waals surface area contributed by atoms with Crippen LogP contribution in [0.5, 0.6) is 0 Å². The minimum absolute atomic E-state index is 0.181. The summed E-state index contributed by atoms with van der Waals surface area (Å²) < 4.78 is 1.04. The fourth-order valence-electron chi connectivity index (χ4n) is 2.54. The van der Waals surface area contributed by atoms with Gasteiger partial charge in [-0.05, 0) is 47.9 Å². The van der Waals surface area contributed by atoms with E-state index in [4.69, 9.17) is 0 Å². The molecule has 102 valence electrons. The van der Waals surface area contributed by atoms with Gasteiger partial charge in [0, 0.05) is 23.0 Å². The molecule has 0 radical (unpaired) electrons. The number of ketones is 1. The molecule has 0 aromatic heterocycles. The van der Waals surface area contributed by atoms with Crippen LogP contribution in [0.1, 0.15) is 27.0 Å². The van der Waals surface area contributed by atoms with E-state index in [1.807, 2.05) is 36.4 Å². The van der Waals surface area contributed by atoms with Crippen molar-refractivity contribution in [2.75, 3.05) is 6.54 Å². The van der Waals surface area contributed by atoms with Crippen LogP contribution in [0.15, 0.2) is 46.9 Å². The van der Waals surface area contributed by atoms with Crippen molar-refractivity contribution in [1.29, 1.82) is 0 Å². The molecule has 0 atom stereocenters. The number of benzene rings is 2. The number of carbonyl (C=O) groups is 1. The van der Waals surface area contributed by atoms with Gasteiger partial charge in [-0.2, -0.15) is 0 Å². The van der Waals surface area contributed by atoms with Crippen molar-refractivity contribution in [2.45, 2.75) is 19.4 Å². The van der Waals surface area contributed by atoms with Gasteiger partial charge in [-0.25, -0.2) is 0 Å². The van der Waals surface area contributed by atoms with Crippen LogP contribution in [0.2, 0.25) is 0 Å². The van der Waals surface area contributed by atoms with Gasteiger partial charge in [-0.1, -0.05) is 40.2 Å². The maximum atomic E-state index is 12.4. The average molecular weight is 330 g/mol. The van der Waals surface area contributed by atoms with Crippen LogP contribution in [0.3, 0.4) is 0 Å². The van der Waals surface area contributed by atoms with Gasteiger partial charge in [0.2, 0.25) is 0 Å². The van der Waals surface area contributed by atoms with Crippen molar-refractivity contribution >= 4 is 21.7 Å². The topological polar surface area (TPSA) is 29.1 Å². The van der Waals surface area contributed by atoms with E-state index in [0.717, 1.165) is 35.1 Å². The molecular formula is C17H16BrNO. The Balaban J connectivity index is 1.78. The first-order valence-electron chi connectivity index (χ1n) is 6.82. The predicted molar refractivity (Wildman–Crippen MR) is 84.0 cm³/mol. The minimum atomic E-state index is 0.181. The molecule has 2 nitrogen and oxygen atoms in total. The molecule has 0 bridgehead atoms. The van der Waals surface area contributed by atoms with Crippen molar-refractivity contribution in [3.63, 3.8) is 0 Å². The number of carbonyl (C=O) groups excluding carboxylic acids is 1. The third-order valence-corrected chi connectivity index (χ3v) is 4.22. The van der Waals surface area contributed by atoms with Crippen molar-refractivity contribution in [3.8, 4) is 0 Å². The molecule has 0 amide bonds. The summed E-state index contributed by atoms with van der Waals surface area (Å²) in [4.78, 5) is 12.4. The van der Waals surface area contributed by atoms with E-state index in [-0.39, 0.29) is 5.78 Å². The second-order valence-electron chi connectivity index (χ2n) is 5.14. The van der Waals surface area contributed by atoms with Crippen molar-refractivity contribution in [2.24, 2.45) is 0 Å².